The third kappa shape index (κ3) is 6.13. The van der Waals surface area contributed by atoms with Crippen molar-refractivity contribution >= 4 is 17.6 Å². The van der Waals surface area contributed by atoms with E-state index in [2.05, 4.69) is 15.6 Å². The standard InChI is InChI=1S/C22H25F3N4O2/c1-15-7-8-17(19(11-15)31-14-22(23,24)25)12-27-21(26-2)28-13-20(30)29-10-9-16-5-3-4-6-18(16)29/h3-8,11H,9-10,12-14H2,1-2H3,(H2,26,27,28). The molecule has 31 heavy (non-hydrogen) atoms. The molecule has 0 spiro atoms. The SMILES string of the molecule is CN=C(NCC(=O)N1CCc2ccccc21)NCc1ccc(C)cc1OCC(F)(F)F. The molecule has 1 heterocycles. The Labute approximate surface area is 179 Å². The largest absolute Gasteiger partial charge is 0.484 e. The summed E-state index contributed by atoms with van der Waals surface area (Å²) < 4.78 is 42.6. The quantitative estimate of drug-likeness (QED) is 0.542. The molecule has 1 aliphatic heterocycles. The van der Waals surface area contributed by atoms with Gasteiger partial charge in [-0.05, 0) is 36.6 Å². The second-order valence-electron chi connectivity index (χ2n) is 7.22. The van der Waals surface area contributed by atoms with Crippen LogP contribution in [0.25, 0.3) is 0 Å². The minimum absolute atomic E-state index is 0.0410. The molecule has 3 rings (SSSR count). The number of fused-ring (bicyclic) bond motifs is 1. The third-order valence-corrected chi connectivity index (χ3v) is 4.88. The van der Waals surface area contributed by atoms with Crippen molar-refractivity contribution in [3.05, 3.63) is 59.2 Å². The number of hydrogen-bond donors (Lipinski definition) is 2. The van der Waals surface area contributed by atoms with Gasteiger partial charge in [-0.3, -0.25) is 9.79 Å². The number of nitrogens with zero attached hydrogens (tertiary/aromatic N) is 2. The molecule has 0 bridgehead atoms. The molecule has 1 aliphatic rings. The molecule has 0 radical (unpaired) electrons. The van der Waals surface area contributed by atoms with Crippen LogP contribution in [0.3, 0.4) is 0 Å². The fourth-order valence-corrected chi connectivity index (χ4v) is 3.35. The Bertz CT molecular complexity index is 960. The number of aliphatic imine (C=N–C) groups is 1. The fraction of sp³-hybridized carbons (Fsp3) is 0.364. The van der Waals surface area contributed by atoms with Gasteiger partial charge < -0.3 is 20.3 Å². The second-order valence-corrected chi connectivity index (χ2v) is 7.22. The van der Waals surface area contributed by atoms with E-state index >= 15 is 0 Å². The van der Waals surface area contributed by atoms with Crippen molar-refractivity contribution in [3.63, 3.8) is 0 Å². The molecule has 0 fully saturated rings. The van der Waals surface area contributed by atoms with Crippen molar-refractivity contribution in [3.8, 4) is 5.75 Å². The second kappa shape index (κ2) is 9.72. The number of alkyl halides is 3. The summed E-state index contributed by atoms with van der Waals surface area (Å²) in [6.45, 7) is 1.28. The number of para-hydroxylation sites is 1. The van der Waals surface area contributed by atoms with Crippen LogP contribution in [0.2, 0.25) is 0 Å². The van der Waals surface area contributed by atoms with Crippen LogP contribution < -0.4 is 20.3 Å². The van der Waals surface area contributed by atoms with Crippen LogP contribution in [0.1, 0.15) is 16.7 Å². The molecule has 0 atom stereocenters. The number of benzene rings is 2. The fourth-order valence-electron chi connectivity index (χ4n) is 3.35. The van der Waals surface area contributed by atoms with E-state index in [0.29, 0.717) is 18.1 Å². The molecule has 0 saturated heterocycles. The molecular formula is C22H25F3N4O2. The molecule has 2 aromatic carbocycles. The number of nitrogens with one attached hydrogen (secondary N) is 2. The number of hydrogen-bond acceptors (Lipinski definition) is 3. The van der Waals surface area contributed by atoms with Gasteiger partial charge in [0.05, 0.1) is 6.54 Å². The lowest BCUT2D eigenvalue weighted by Crippen LogP contribution is -2.44. The number of aryl methyl sites for hydroxylation is 1. The molecular weight excluding hydrogens is 409 g/mol. The number of carbonyl (C=O) groups excluding carboxylic acids is 1. The summed E-state index contributed by atoms with van der Waals surface area (Å²) in [6, 6.07) is 12.8. The monoisotopic (exact) mass is 434 g/mol. The highest BCUT2D eigenvalue weighted by atomic mass is 19.4. The van der Waals surface area contributed by atoms with E-state index in [4.69, 9.17) is 4.74 Å². The summed E-state index contributed by atoms with van der Waals surface area (Å²) in [6.07, 6.45) is -3.59. The Morgan fingerprint density at radius 3 is 2.71 bits per heavy atom. The summed E-state index contributed by atoms with van der Waals surface area (Å²) in [7, 11) is 1.56. The van der Waals surface area contributed by atoms with Gasteiger partial charge in [0, 0.05) is 31.4 Å². The van der Waals surface area contributed by atoms with Gasteiger partial charge in [-0.1, -0.05) is 30.3 Å². The molecule has 0 unspecified atom stereocenters. The average Bonchev–Trinajstić information content (AvgIpc) is 3.17. The number of amides is 1. The maximum atomic E-state index is 12.6. The number of carbonyl (C=O) groups is 1. The zero-order valence-electron chi connectivity index (χ0n) is 17.4. The molecule has 6 nitrogen and oxygen atoms in total. The van der Waals surface area contributed by atoms with Crippen LogP contribution in [0.15, 0.2) is 47.5 Å². The smallest absolute Gasteiger partial charge is 0.422 e. The van der Waals surface area contributed by atoms with Crippen molar-refractivity contribution in [2.75, 3.05) is 31.6 Å². The maximum absolute atomic E-state index is 12.6. The normalized spacial score (nSPS) is 13.7. The lowest BCUT2D eigenvalue weighted by Gasteiger charge is -2.19. The molecule has 9 heteroatoms. The number of ether oxygens (including phenoxy) is 1. The van der Waals surface area contributed by atoms with Gasteiger partial charge in [0.2, 0.25) is 5.91 Å². The van der Waals surface area contributed by atoms with E-state index in [9.17, 15) is 18.0 Å². The summed E-state index contributed by atoms with van der Waals surface area (Å²) in [5, 5.41) is 5.98. The predicted octanol–water partition coefficient (Wildman–Crippen LogP) is 3.19. The van der Waals surface area contributed by atoms with Crippen LogP contribution in [0.5, 0.6) is 5.75 Å². The van der Waals surface area contributed by atoms with E-state index in [1.165, 1.54) is 0 Å². The van der Waals surface area contributed by atoms with E-state index in [1.54, 1.807) is 37.1 Å². The molecule has 2 N–H and O–H groups in total. The Morgan fingerprint density at radius 2 is 1.97 bits per heavy atom. The lowest BCUT2D eigenvalue weighted by atomic mass is 10.1. The first-order chi connectivity index (χ1) is 14.8. The van der Waals surface area contributed by atoms with Crippen LogP contribution in [0, 0.1) is 6.92 Å². The molecule has 2 aromatic rings. The van der Waals surface area contributed by atoms with E-state index < -0.39 is 12.8 Å². The molecule has 0 aliphatic carbocycles. The van der Waals surface area contributed by atoms with Crippen molar-refractivity contribution in [1.29, 1.82) is 0 Å². The molecule has 166 valence electrons. The van der Waals surface area contributed by atoms with E-state index in [-0.39, 0.29) is 24.7 Å². The highest BCUT2D eigenvalue weighted by molar-refractivity contribution is 5.98. The highest BCUT2D eigenvalue weighted by Gasteiger charge is 2.29. The Hall–Kier alpha value is -3.23. The van der Waals surface area contributed by atoms with Crippen molar-refractivity contribution in [1.82, 2.24) is 10.6 Å². The van der Waals surface area contributed by atoms with Gasteiger partial charge in [-0.2, -0.15) is 13.2 Å². The average molecular weight is 434 g/mol. The molecule has 0 aromatic heterocycles. The minimum atomic E-state index is -4.42. The number of halogens is 3. The van der Waals surface area contributed by atoms with Gasteiger partial charge in [0.25, 0.3) is 0 Å². The minimum Gasteiger partial charge on any atom is -0.484 e. The Balaban J connectivity index is 1.56. The summed E-state index contributed by atoms with van der Waals surface area (Å²) in [4.78, 5) is 18.4. The van der Waals surface area contributed by atoms with Crippen LogP contribution >= 0.6 is 0 Å². The molecule has 0 saturated carbocycles. The number of guanidine groups is 1. The zero-order valence-corrected chi connectivity index (χ0v) is 17.4. The van der Waals surface area contributed by atoms with Gasteiger partial charge in [0.15, 0.2) is 12.6 Å². The third-order valence-electron chi connectivity index (χ3n) is 4.88. The first kappa shape index (κ1) is 22.5. The van der Waals surface area contributed by atoms with E-state index in [1.807, 2.05) is 24.3 Å². The summed E-state index contributed by atoms with van der Waals surface area (Å²) >= 11 is 0. The predicted molar refractivity (Wildman–Crippen MR) is 113 cm³/mol. The topological polar surface area (TPSA) is 66.0 Å². The van der Waals surface area contributed by atoms with Crippen molar-refractivity contribution < 1.29 is 22.7 Å². The van der Waals surface area contributed by atoms with Crippen LogP contribution in [-0.2, 0) is 17.8 Å². The van der Waals surface area contributed by atoms with Gasteiger partial charge in [0.1, 0.15) is 5.75 Å². The van der Waals surface area contributed by atoms with Crippen molar-refractivity contribution in [2.24, 2.45) is 4.99 Å². The summed E-state index contributed by atoms with van der Waals surface area (Å²) in [5.41, 5.74) is 3.41. The Morgan fingerprint density at radius 1 is 1.19 bits per heavy atom. The maximum Gasteiger partial charge on any atom is 0.422 e. The highest BCUT2D eigenvalue weighted by Crippen LogP contribution is 2.27. The summed E-state index contributed by atoms with van der Waals surface area (Å²) in [5.74, 6) is 0.436. The van der Waals surface area contributed by atoms with E-state index in [0.717, 1.165) is 23.2 Å². The lowest BCUT2D eigenvalue weighted by molar-refractivity contribution is -0.153. The van der Waals surface area contributed by atoms with Gasteiger partial charge >= 0.3 is 6.18 Å². The van der Waals surface area contributed by atoms with Gasteiger partial charge in [-0.25, -0.2) is 0 Å². The molecule has 1 amide bonds. The first-order valence-corrected chi connectivity index (χ1v) is 9.88. The number of rotatable bonds is 6. The van der Waals surface area contributed by atoms with Crippen LogP contribution in [0.4, 0.5) is 18.9 Å². The van der Waals surface area contributed by atoms with Crippen molar-refractivity contribution in [2.45, 2.75) is 26.1 Å². The van der Waals surface area contributed by atoms with Gasteiger partial charge in [-0.15, -0.1) is 0 Å². The zero-order chi connectivity index (χ0) is 22.4. The Kier molecular flexibility index (Phi) is 7.04. The first-order valence-electron chi connectivity index (χ1n) is 9.88. The number of anilines is 1. The van der Waals surface area contributed by atoms with Crippen LogP contribution in [-0.4, -0.2) is 44.8 Å².